The van der Waals surface area contributed by atoms with E-state index in [2.05, 4.69) is 5.10 Å². The maximum absolute atomic E-state index is 13.6. The number of alkyl halides is 2. The second-order valence-corrected chi connectivity index (χ2v) is 10.6. The van der Waals surface area contributed by atoms with Gasteiger partial charge in [-0.1, -0.05) is 6.07 Å². The maximum Gasteiger partial charge on any atom is 0.333 e. The predicted molar refractivity (Wildman–Crippen MR) is 117 cm³/mol. The molecule has 1 aromatic heterocycles. The van der Waals surface area contributed by atoms with Crippen LogP contribution >= 0.6 is 0 Å². The van der Waals surface area contributed by atoms with E-state index in [1.54, 1.807) is 39.8 Å². The van der Waals surface area contributed by atoms with Crippen LogP contribution in [0.15, 0.2) is 29.3 Å². The minimum Gasteiger partial charge on any atom is -0.485 e. The van der Waals surface area contributed by atoms with Gasteiger partial charge in [-0.25, -0.2) is 13.1 Å². The Morgan fingerprint density at radius 2 is 2.00 bits per heavy atom. The third-order valence-electron chi connectivity index (χ3n) is 5.06. The molecule has 0 fully saturated rings. The van der Waals surface area contributed by atoms with Crippen molar-refractivity contribution in [3.8, 4) is 5.75 Å². The van der Waals surface area contributed by atoms with E-state index in [9.17, 15) is 22.0 Å². The van der Waals surface area contributed by atoms with E-state index in [0.29, 0.717) is 10.2 Å². The molecule has 3 rings (SSSR count). The van der Waals surface area contributed by atoms with Gasteiger partial charge in [-0.05, 0) is 52.3 Å². The standard InChI is InChI=1S/C21H28F2N4O5S/c1-12-18(11-26(25-12)20(22)23)33(29,30)27-13(2)17(10-24)31-16-7-6-14(8-15(16)27)9-19(28)32-21(3,4)5/h6-8,11,13,17,20H,9-10,24H2,1-5H3/t13-,17+/m1/s1. The number of sulfonamides is 1. The number of hydrogen-bond acceptors (Lipinski definition) is 7. The van der Waals surface area contributed by atoms with Gasteiger partial charge in [-0.15, -0.1) is 0 Å². The lowest BCUT2D eigenvalue weighted by Gasteiger charge is -2.40. The van der Waals surface area contributed by atoms with Crippen LogP contribution in [0.1, 0.15) is 45.5 Å². The fourth-order valence-electron chi connectivity index (χ4n) is 3.64. The Hall–Kier alpha value is -2.73. The average molecular weight is 487 g/mol. The minimum atomic E-state index is -4.32. The number of nitrogens with two attached hydrogens (primary N) is 1. The summed E-state index contributed by atoms with van der Waals surface area (Å²) in [7, 11) is -4.32. The summed E-state index contributed by atoms with van der Waals surface area (Å²) in [5.41, 5.74) is 5.75. The Morgan fingerprint density at radius 3 is 2.55 bits per heavy atom. The van der Waals surface area contributed by atoms with Gasteiger partial charge < -0.3 is 15.2 Å². The minimum absolute atomic E-state index is 0.0293. The summed E-state index contributed by atoms with van der Waals surface area (Å²) in [6.45, 7) is 5.24. The molecule has 0 unspecified atom stereocenters. The first-order valence-corrected chi connectivity index (χ1v) is 11.8. The Kier molecular flexibility index (Phi) is 6.72. The van der Waals surface area contributed by atoms with Gasteiger partial charge in [0.05, 0.1) is 30.0 Å². The molecule has 9 nitrogen and oxygen atoms in total. The lowest BCUT2D eigenvalue weighted by molar-refractivity contribution is -0.153. The monoisotopic (exact) mass is 486 g/mol. The molecule has 1 aromatic carbocycles. The first-order chi connectivity index (χ1) is 15.2. The van der Waals surface area contributed by atoms with Gasteiger partial charge in [0.15, 0.2) is 0 Å². The Balaban J connectivity index is 2.07. The number of anilines is 1. The van der Waals surface area contributed by atoms with E-state index < -0.39 is 40.3 Å². The number of ether oxygens (including phenoxy) is 2. The number of halogens is 2. The molecule has 0 saturated heterocycles. The number of carbonyl (C=O) groups excluding carboxylic acids is 1. The van der Waals surface area contributed by atoms with Crippen LogP contribution in [0.3, 0.4) is 0 Å². The summed E-state index contributed by atoms with van der Waals surface area (Å²) < 4.78 is 66.2. The highest BCUT2D eigenvalue weighted by molar-refractivity contribution is 7.93. The molecule has 1 aliphatic rings. The highest BCUT2D eigenvalue weighted by Gasteiger charge is 2.41. The van der Waals surface area contributed by atoms with E-state index in [-0.39, 0.29) is 35.0 Å². The number of nitrogens with zero attached hydrogens (tertiary/aromatic N) is 3. The van der Waals surface area contributed by atoms with E-state index in [1.807, 2.05) is 0 Å². The smallest absolute Gasteiger partial charge is 0.333 e. The number of carbonyl (C=O) groups is 1. The molecule has 0 radical (unpaired) electrons. The van der Waals surface area contributed by atoms with Gasteiger partial charge in [0.1, 0.15) is 22.4 Å². The summed E-state index contributed by atoms with van der Waals surface area (Å²) in [5, 5.41) is 3.63. The molecule has 0 saturated carbocycles. The van der Waals surface area contributed by atoms with Crippen LogP contribution in [0.5, 0.6) is 5.75 Å². The molecule has 0 amide bonds. The van der Waals surface area contributed by atoms with Crippen LogP contribution in [0.2, 0.25) is 0 Å². The van der Waals surface area contributed by atoms with Gasteiger partial charge in [-0.3, -0.25) is 9.10 Å². The molecule has 2 atom stereocenters. The van der Waals surface area contributed by atoms with Gasteiger partial charge in [0.2, 0.25) is 0 Å². The summed E-state index contributed by atoms with van der Waals surface area (Å²) in [6.07, 6.45) is 0.0451. The summed E-state index contributed by atoms with van der Waals surface area (Å²) in [6, 6.07) is 3.96. The van der Waals surface area contributed by atoms with Gasteiger partial charge in [-0.2, -0.15) is 13.9 Å². The third kappa shape index (κ3) is 5.11. The highest BCUT2D eigenvalue weighted by atomic mass is 32.2. The lowest BCUT2D eigenvalue weighted by Crippen LogP contribution is -2.53. The number of benzene rings is 1. The molecular weight excluding hydrogens is 458 g/mol. The fourth-order valence-corrected chi connectivity index (χ4v) is 5.48. The van der Waals surface area contributed by atoms with Crippen LogP contribution in [-0.2, 0) is 26.0 Å². The highest BCUT2D eigenvalue weighted by Crippen LogP contribution is 2.41. The van der Waals surface area contributed by atoms with E-state index in [0.717, 1.165) is 10.5 Å². The van der Waals surface area contributed by atoms with Crippen molar-refractivity contribution in [2.75, 3.05) is 10.8 Å². The zero-order valence-corrected chi connectivity index (χ0v) is 19.9. The number of hydrogen-bond donors (Lipinski definition) is 1. The molecule has 33 heavy (non-hydrogen) atoms. The largest absolute Gasteiger partial charge is 0.485 e. The number of esters is 1. The van der Waals surface area contributed by atoms with Gasteiger partial charge in [0, 0.05) is 6.54 Å². The molecule has 2 aromatic rings. The van der Waals surface area contributed by atoms with Gasteiger partial charge >= 0.3 is 12.5 Å². The summed E-state index contributed by atoms with van der Waals surface area (Å²) >= 11 is 0. The van der Waals surface area contributed by atoms with Gasteiger partial charge in [0.25, 0.3) is 10.0 Å². The molecule has 1 aliphatic heterocycles. The zero-order chi connectivity index (χ0) is 24.7. The predicted octanol–water partition coefficient (Wildman–Crippen LogP) is 2.77. The summed E-state index contributed by atoms with van der Waals surface area (Å²) in [4.78, 5) is 11.9. The number of fused-ring (bicyclic) bond motifs is 1. The molecule has 2 heterocycles. The Morgan fingerprint density at radius 1 is 1.33 bits per heavy atom. The molecule has 0 aliphatic carbocycles. The number of aryl methyl sites for hydroxylation is 1. The van der Waals surface area contributed by atoms with Crippen LogP contribution in [0, 0.1) is 6.92 Å². The van der Waals surface area contributed by atoms with Crippen LogP contribution in [-0.4, -0.2) is 48.5 Å². The van der Waals surface area contributed by atoms with E-state index >= 15 is 0 Å². The molecule has 0 spiro atoms. The second kappa shape index (κ2) is 8.90. The lowest BCUT2D eigenvalue weighted by atomic mass is 10.1. The first-order valence-electron chi connectivity index (χ1n) is 10.3. The molecular formula is C21H28F2N4O5S. The van der Waals surface area contributed by atoms with Crippen molar-refractivity contribution in [2.45, 2.75) is 70.2 Å². The normalized spacial score (nSPS) is 18.8. The van der Waals surface area contributed by atoms with Crippen molar-refractivity contribution in [2.24, 2.45) is 5.73 Å². The molecule has 2 N–H and O–H groups in total. The zero-order valence-electron chi connectivity index (χ0n) is 19.1. The number of rotatable bonds is 6. The quantitative estimate of drug-likeness (QED) is 0.624. The van der Waals surface area contributed by atoms with Crippen molar-refractivity contribution in [3.63, 3.8) is 0 Å². The third-order valence-corrected chi connectivity index (χ3v) is 7.06. The van der Waals surface area contributed by atoms with Crippen LogP contribution in [0.4, 0.5) is 14.5 Å². The van der Waals surface area contributed by atoms with E-state index in [1.165, 1.54) is 13.0 Å². The maximum atomic E-state index is 13.6. The second-order valence-electron chi connectivity index (χ2n) is 8.84. The van der Waals surface area contributed by atoms with Crippen molar-refractivity contribution >= 4 is 21.7 Å². The Bertz CT molecular complexity index is 1140. The van der Waals surface area contributed by atoms with Crippen LogP contribution in [0.25, 0.3) is 0 Å². The SMILES string of the molecule is Cc1nn(C(F)F)cc1S(=O)(=O)N1c2cc(CC(=O)OC(C)(C)C)ccc2O[C@@H](CN)[C@H]1C. The average Bonchev–Trinajstić information content (AvgIpc) is 3.08. The fraction of sp³-hybridized carbons (Fsp3) is 0.524. The first kappa shape index (κ1) is 24.9. The molecule has 0 bridgehead atoms. The topological polar surface area (TPSA) is 117 Å². The van der Waals surface area contributed by atoms with Crippen molar-refractivity contribution in [3.05, 3.63) is 35.7 Å². The van der Waals surface area contributed by atoms with Crippen molar-refractivity contribution in [1.29, 1.82) is 0 Å². The van der Waals surface area contributed by atoms with Crippen LogP contribution < -0.4 is 14.8 Å². The molecule has 12 heteroatoms. The molecule has 182 valence electrons. The van der Waals surface area contributed by atoms with E-state index in [4.69, 9.17) is 15.2 Å². The Labute approximate surface area is 191 Å². The van der Waals surface area contributed by atoms with Crippen molar-refractivity contribution in [1.82, 2.24) is 9.78 Å². The van der Waals surface area contributed by atoms with Crippen molar-refractivity contribution < 1.29 is 31.5 Å². The summed E-state index contributed by atoms with van der Waals surface area (Å²) in [5.74, 6) is -0.227. The number of aromatic nitrogens is 2.